The Balaban J connectivity index is 1.47. The van der Waals surface area contributed by atoms with Crippen molar-refractivity contribution in [3.8, 4) is 5.75 Å². The molecular formula is C28H25F2N3O2S. The average molecular weight is 506 g/mol. The number of thiophene rings is 1. The first-order chi connectivity index (χ1) is 17.4. The van der Waals surface area contributed by atoms with E-state index in [4.69, 9.17) is 10.5 Å². The number of Topliss-reactive ketones (excluding diaryl/α,β-unsaturated/α-hetero) is 1. The highest BCUT2D eigenvalue weighted by Crippen LogP contribution is 2.34. The number of hydrogen-bond acceptors (Lipinski definition) is 5. The molecule has 0 aliphatic heterocycles. The number of rotatable bonds is 8. The zero-order chi connectivity index (χ0) is 25.4. The van der Waals surface area contributed by atoms with E-state index in [0.717, 1.165) is 21.2 Å². The molecule has 0 bridgehead atoms. The van der Waals surface area contributed by atoms with Crippen LogP contribution in [0.5, 0.6) is 5.75 Å². The van der Waals surface area contributed by atoms with Gasteiger partial charge in [-0.25, -0.2) is 13.8 Å². The number of carbonyl (C=O) groups excluding carboxylic acids is 1. The molecule has 5 aromatic rings. The van der Waals surface area contributed by atoms with E-state index in [1.54, 1.807) is 28.7 Å². The molecule has 184 valence electrons. The second-order valence-corrected chi connectivity index (χ2v) is 9.77. The van der Waals surface area contributed by atoms with E-state index in [9.17, 15) is 13.6 Å². The summed E-state index contributed by atoms with van der Waals surface area (Å²) in [7, 11) is 0. The van der Waals surface area contributed by atoms with E-state index in [1.807, 2.05) is 25.3 Å². The van der Waals surface area contributed by atoms with Gasteiger partial charge in [0.15, 0.2) is 17.2 Å². The number of benzene rings is 2. The number of carbonyl (C=O) groups is 1. The van der Waals surface area contributed by atoms with E-state index in [-0.39, 0.29) is 30.3 Å². The number of aromatic nitrogens is 2. The maximum atomic E-state index is 14.1. The molecule has 0 aliphatic rings. The van der Waals surface area contributed by atoms with E-state index in [0.29, 0.717) is 29.3 Å². The fraction of sp³-hybridized carbons (Fsp3) is 0.214. The molecule has 36 heavy (non-hydrogen) atoms. The van der Waals surface area contributed by atoms with Crippen molar-refractivity contribution in [1.29, 1.82) is 0 Å². The van der Waals surface area contributed by atoms with Gasteiger partial charge in [0.25, 0.3) is 0 Å². The number of aryl methyl sites for hydroxylation is 2. The second kappa shape index (κ2) is 9.79. The van der Waals surface area contributed by atoms with Crippen LogP contribution < -0.4 is 10.5 Å². The van der Waals surface area contributed by atoms with Crippen LogP contribution in [0.4, 0.5) is 8.78 Å². The highest BCUT2D eigenvalue weighted by atomic mass is 32.1. The van der Waals surface area contributed by atoms with Crippen molar-refractivity contribution in [2.24, 2.45) is 5.73 Å². The normalized spacial score (nSPS) is 12.4. The van der Waals surface area contributed by atoms with E-state index in [1.165, 1.54) is 18.2 Å². The van der Waals surface area contributed by atoms with Crippen LogP contribution in [0.2, 0.25) is 0 Å². The molecule has 2 aromatic carbocycles. The minimum atomic E-state index is -0.678. The molecule has 5 nitrogen and oxygen atoms in total. The molecular weight excluding hydrogens is 480 g/mol. The maximum Gasteiger partial charge on any atom is 0.182 e. The number of hydrogen-bond donors (Lipinski definition) is 1. The zero-order valence-electron chi connectivity index (χ0n) is 19.9. The fourth-order valence-corrected chi connectivity index (χ4v) is 5.62. The van der Waals surface area contributed by atoms with Gasteiger partial charge in [-0.15, -0.1) is 11.3 Å². The van der Waals surface area contributed by atoms with Gasteiger partial charge >= 0.3 is 0 Å². The van der Waals surface area contributed by atoms with Gasteiger partial charge in [-0.3, -0.25) is 9.20 Å². The molecule has 1 unspecified atom stereocenters. The number of halogens is 2. The molecule has 0 fully saturated rings. The lowest BCUT2D eigenvalue weighted by molar-refractivity contribution is 0.0968. The van der Waals surface area contributed by atoms with E-state index >= 15 is 0 Å². The fourth-order valence-electron chi connectivity index (χ4n) is 4.58. The highest BCUT2D eigenvalue weighted by Gasteiger charge is 2.24. The second-order valence-electron chi connectivity index (χ2n) is 8.86. The number of ether oxygens (including phenoxy) is 1. The summed E-state index contributed by atoms with van der Waals surface area (Å²) < 4.78 is 36.9. The molecule has 3 heterocycles. The predicted molar refractivity (Wildman–Crippen MR) is 138 cm³/mol. The average Bonchev–Trinajstić information content (AvgIpc) is 3.42. The lowest BCUT2D eigenvalue weighted by Crippen LogP contribution is -2.18. The van der Waals surface area contributed by atoms with Crippen LogP contribution in [0.25, 0.3) is 15.7 Å². The van der Waals surface area contributed by atoms with Gasteiger partial charge in [0.1, 0.15) is 23.9 Å². The zero-order valence-corrected chi connectivity index (χ0v) is 20.7. The van der Waals surface area contributed by atoms with Crippen LogP contribution in [0.15, 0.2) is 60.1 Å². The summed E-state index contributed by atoms with van der Waals surface area (Å²) in [5.41, 5.74) is 9.28. The molecule has 0 saturated heterocycles. The van der Waals surface area contributed by atoms with Gasteiger partial charge in [-0.1, -0.05) is 24.3 Å². The van der Waals surface area contributed by atoms with Crippen LogP contribution >= 0.6 is 11.3 Å². The smallest absolute Gasteiger partial charge is 0.182 e. The Labute approximate surface area is 211 Å². The van der Waals surface area contributed by atoms with Gasteiger partial charge in [0.2, 0.25) is 0 Å². The number of imidazole rings is 1. The van der Waals surface area contributed by atoms with Crippen molar-refractivity contribution in [3.63, 3.8) is 0 Å². The standard InChI is InChI=1S/C28H25F2N3O2S/c1-16-10-25(35-14-20-22(29)7-5-8-23(20)30)28-32-17(2)27(33(28)13-16)24(34)11-18(12-31)21-15-36-26-9-4-3-6-19(21)26/h3-10,13,15,18H,11-12,14,31H2,1-2H3. The Hall–Kier alpha value is -3.62. The maximum absolute atomic E-state index is 14.1. The molecule has 0 saturated carbocycles. The van der Waals surface area contributed by atoms with E-state index in [2.05, 4.69) is 22.5 Å². The minimum absolute atomic E-state index is 0.0811. The van der Waals surface area contributed by atoms with Gasteiger partial charge in [0.05, 0.1) is 11.3 Å². The van der Waals surface area contributed by atoms with Crippen LogP contribution in [0, 0.1) is 25.5 Å². The van der Waals surface area contributed by atoms with Crippen molar-refractivity contribution in [2.75, 3.05) is 6.54 Å². The van der Waals surface area contributed by atoms with Crippen molar-refractivity contribution in [1.82, 2.24) is 9.38 Å². The Bertz CT molecular complexity index is 1570. The molecule has 1 atom stereocenters. The van der Waals surface area contributed by atoms with Crippen LogP contribution in [-0.2, 0) is 6.61 Å². The Morgan fingerprint density at radius 1 is 1.14 bits per heavy atom. The molecule has 0 spiro atoms. The lowest BCUT2D eigenvalue weighted by Gasteiger charge is -2.14. The topological polar surface area (TPSA) is 69.6 Å². The Morgan fingerprint density at radius 3 is 2.64 bits per heavy atom. The summed E-state index contributed by atoms with van der Waals surface area (Å²) in [5, 5.41) is 3.20. The van der Waals surface area contributed by atoms with Gasteiger partial charge in [-0.05, 0) is 66.6 Å². The van der Waals surface area contributed by atoms with Crippen molar-refractivity contribution < 1.29 is 18.3 Å². The first-order valence-electron chi connectivity index (χ1n) is 11.6. The SMILES string of the molecule is Cc1cc(OCc2c(F)cccc2F)c2nc(C)c(C(=O)CC(CN)c3csc4ccccc34)n2c1. The molecule has 5 rings (SSSR count). The van der Waals surface area contributed by atoms with E-state index < -0.39 is 11.6 Å². The summed E-state index contributed by atoms with van der Waals surface area (Å²) in [5.74, 6) is -1.23. The molecule has 8 heteroatoms. The molecule has 2 N–H and O–H groups in total. The van der Waals surface area contributed by atoms with Gasteiger partial charge in [0, 0.05) is 23.2 Å². The van der Waals surface area contributed by atoms with Crippen LogP contribution in [0.1, 0.15) is 45.2 Å². The lowest BCUT2D eigenvalue weighted by atomic mass is 9.92. The third-order valence-electron chi connectivity index (χ3n) is 6.36. The Morgan fingerprint density at radius 2 is 1.89 bits per heavy atom. The minimum Gasteiger partial charge on any atom is -0.485 e. The number of ketones is 1. The molecule has 0 amide bonds. The number of nitrogens with zero attached hydrogens (tertiary/aromatic N) is 2. The molecule has 0 aliphatic carbocycles. The largest absolute Gasteiger partial charge is 0.485 e. The summed E-state index contributed by atoms with van der Waals surface area (Å²) in [6.45, 7) is 3.67. The number of nitrogens with two attached hydrogens (primary N) is 1. The highest BCUT2D eigenvalue weighted by molar-refractivity contribution is 7.17. The summed E-state index contributed by atoms with van der Waals surface area (Å²) in [6.07, 6.45) is 2.05. The molecule has 3 aromatic heterocycles. The predicted octanol–water partition coefficient (Wildman–Crippen LogP) is 6.34. The van der Waals surface area contributed by atoms with Crippen molar-refractivity contribution >= 4 is 32.9 Å². The van der Waals surface area contributed by atoms with Gasteiger partial charge < -0.3 is 10.5 Å². The van der Waals surface area contributed by atoms with Crippen molar-refractivity contribution in [3.05, 3.63) is 99.8 Å². The van der Waals surface area contributed by atoms with Gasteiger partial charge in [-0.2, -0.15) is 0 Å². The monoisotopic (exact) mass is 505 g/mol. The summed E-state index contributed by atoms with van der Waals surface area (Å²) in [6, 6.07) is 13.5. The summed E-state index contributed by atoms with van der Waals surface area (Å²) in [4.78, 5) is 18.2. The first-order valence-corrected chi connectivity index (χ1v) is 12.5. The van der Waals surface area contributed by atoms with Crippen molar-refractivity contribution in [2.45, 2.75) is 32.8 Å². The molecule has 0 radical (unpaired) electrons. The number of pyridine rings is 1. The Kier molecular flexibility index (Phi) is 6.55. The third-order valence-corrected chi connectivity index (χ3v) is 7.34. The summed E-state index contributed by atoms with van der Waals surface area (Å²) >= 11 is 1.64. The van der Waals surface area contributed by atoms with Crippen LogP contribution in [-0.4, -0.2) is 21.7 Å². The quantitative estimate of drug-likeness (QED) is 0.250. The third kappa shape index (κ3) is 4.38. The van der Waals surface area contributed by atoms with Crippen LogP contribution in [0.3, 0.4) is 0 Å². The number of fused-ring (bicyclic) bond motifs is 2. The first kappa shape index (κ1) is 24.1.